The normalized spacial score (nSPS) is 29.2. The molecule has 3 aliphatic carbocycles. The summed E-state index contributed by atoms with van der Waals surface area (Å²) in [6, 6.07) is 10.8. The first-order valence-electron chi connectivity index (χ1n) is 13.0. The number of carbonyl (C=O) groups excluding carboxylic acids is 1. The van der Waals surface area contributed by atoms with Crippen LogP contribution in [-0.4, -0.2) is 28.4 Å². The van der Waals surface area contributed by atoms with Crippen molar-refractivity contribution in [3.63, 3.8) is 0 Å². The summed E-state index contributed by atoms with van der Waals surface area (Å²) in [7, 11) is 0. The second-order valence-electron chi connectivity index (χ2n) is 11.5. The maximum Gasteiger partial charge on any atom is 0.309 e. The first kappa shape index (κ1) is 23.6. The van der Waals surface area contributed by atoms with E-state index in [0.29, 0.717) is 31.1 Å². The number of aromatic nitrogens is 2. The van der Waals surface area contributed by atoms with Gasteiger partial charge in [0.2, 0.25) is 0 Å². The van der Waals surface area contributed by atoms with Gasteiger partial charge >= 0.3 is 5.97 Å². The first-order valence-corrected chi connectivity index (χ1v) is 13.0. The molecule has 1 aromatic heterocycles. The summed E-state index contributed by atoms with van der Waals surface area (Å²) in [5.74, 6) is 0.573. The van der Waals surface area contributed by atoms with Crippen LogP contribution in [0.15, 0.2) is 30.3 Å². The molecule has 4 unspecified atom stereocenters. The van der Waals surface area contributed by atoms with Crippen LogP contribution in [0, 0.1) is 22.7 Å². The van der Waals surface area contributed by atoms with Crippen LogP contribution in [0.4, 0.5) is 0 Å². The van der Waals surface area contributed by atoms with Crippen LogP contribution in [0.5, 0.6) is 0 Å². The molecule has 0 aliphatic heterocycles. The van der Waals surface area contributed by atoms with Crippen molar-refractivity contribution < 1.29 is 14.4 Å². The summed E-state index contributed by atoms with van der Waals surface area (Å²) in [6.45, 7) is 10.6. The lowest BCUT2D eigenvalue weighted by Gasteiger charge is -2.42. The zero-order chi connectivity index (χ0) is 23.9. The van der Waals surface area contributed by atoms with Gasteiger partial charge in [-0.25, -0.2) is 0 Å². The maximum absolute atomic E-state index is 12.5. The lowest BCUT2D eigenvalue weighted by atomic mass is 9.69. The average Bonchev–Trinajstić information content (AvgIpc) is 3.43. The van der Waals surface area contributed by atoms with Gasteiger partial charge in [-0.1, -0.05) is 51.1 Å². The highest BCUT2D eigenvalue weighted by molar-refractivity contribution is 5.73. The Morgan fingerprint density at radius 1 is 1.21 bits per heavy atom. The molecule has 6 heteroatoms. The van der Waals surface area contributed by atoms with Crippen LogP contribution in [0.2, 0.25) is 0 Å². The lowest BCUT2D eigenvalue weighted by Crippen LogP contribution is -2.50. The zero-order valence-electron chi connectivity index (χ0n) is 21.1. The third kappa shape index (κ3) is 4.20. The highest BCUT2D eigenvalue weighted by Gasteiger charge is 2.59. The van der Waals surface area contributed by atoms with E-state index in [0.717, 1.165) is 31.0 Å². The Hall–Kier alpha value is -2.18. The molecule has 2 bridgehead atoms. The number of rotatable bonds is 8. The monoisotopic (exact) mass is 465 g/mol. The Morgan fingerprint density at radius 2 is 2.00 bits per heavy atom. The molecule has 2 aromatic rings. The molecule has 3 aliphatic rings. The Labute approximate surface area is 203 Å². The molecule has 4 atom stereocenters. The molecule has 1 heterocycles. The van der Waals surface area contributed by atoms with E-state index >= 15 is 0 Å². The smallest absolute Gasteiger partial charge is 0.309 e. The van der Waals surface area contributed by atoms with Crippen molar-refractivity contribution in [2.75, 3.05) is 6.61 Å². The molecule has 1 aromatic carbocycles. The third-order valence-corrected chi connectivity index (χ3v) is 8.90. The molecule has 5 rings (SSSR count). The van der Waals surface area contributed by atoms with E-state index in [2.05, 4.69) is 55.2 Å². The lowest BCUT2D eigenvalue weighted by molar-refractivity contribution is -0.148. The third-order valence-electron chi connectivity index (χ3n) is 8.90. The fourth-order valence-electron chi connectivity index (χ4n) is 7.02. The van der Waals surface area contributed by atoms with Crippen LogP contribution < -0.4 is 5.48 Å². The number of nitrogens with one attached hydrogen (secondary N) is 1. The fraction of sp³-hybridized carbons (Fsp3) is 0.643. The fourth-order valence-corrected chi connectivity index (χ4v) is 7.02. The van der Waals surface area contributed by atoms with Crippen molar-refractivity contribution in [1.82, 2.24) is 15.3 Å². The summed E-state index contributed by atoms with van der Waals surface area (Å²) in [5, 5.41) is 4.99. The van der Waals surface area contributed by atoms with Crippen molar-refractivity contribution in [3.05, 3.63) is 52.8 Å². The number of hydrogen-bond acceptors (Lipinski definition) is 5. The average molecular weight is 466 g/mol. The highest BCUT2D eigenvalue weighted by Crippen LogP contribution is 2.62. The Balaban J connectivity index is 1.34. The zero-order valence-corrected chi connectivity index (χ0v) is 21.1. The summed E-state index contributed by atoms with van der Waals surface area (Å²) < 4.78 is 7.46. The van der Waals surface area contributed by atoms with Gasteiger partial charge in [-0.3, -0.25) is 14.3 Å². The molecule has 0 radical (unpaired) electrons. The molecular weight excluding hydrogens is 426 g/mol. The van der Waals surface area contributed by atoms with E-state index in [1.54, 1.807) is 0 Å². The molecule has 0 saturated heterocycles. The minimum absolute atomic E-state index is 0.0920. The SMILES string of the molecule is CCOC(=O)C1CCc2c(c(CONC3C4(C)CCC(C4)C3(C)C)nn2Cc2ccccc2)C1. The largest absolute Gasteiger partial charge is 0.466 e. The minimum Gasteiger partial charge on any atom is -0.466 e. The Morgan fingerprint density at radius 3 is 2.71 bits per heavy atom. The second-order valence-corrected chi connectivity index (χ2v) is 11.5. The topological polar surface area (TPSA) is 65.4 Å². The molecule has 184 valence electrons. The second kappa shape index (κ2) is 9.12. The molecule has 2 saturated carbocycles. The maximum atomic E-state index is 12.5. The number of hydrogen-bond donors (Lipinski definition) is 1. The van der Waals surface area contributed by atoms with E-state index in [9.17, 15) is 4.79 Å². The van der Waals surface area contributed by atoms with Gasteiger partial charge in [0.15, 0.2) is 0 Å². The summed E-state index contributed by atoms with van der Waals surface area (Å²) >= 11 is 0. The summed E-state index contributed by atoms with van der Waals surface area (Å²) in [4.78, 5) is 18.7. The summed E-state index contributed by atoms with van der Waals surface area (Å²) in [5.41, 5.74) is 8.57. The Bertz CT molecular complexity index is 1030. The molecule has 34 heavy (non-hydrogen) atoms. The molecule has 6 nitrogen and oxygen atoms in total. The van der Waals surface area contributed by atoms with Crippen LogP contribution in [0.1, 0.15) is 75.9 Å². The molecule has 2 fully saturated rings. The van der Waals surface area contributed by atoms with Gasteiger partial charge in [-0.2, -0.15) is 10.6 Å². The van der Waals surface area contributed by atoms with E-state index in [1.165, 1.54) is 36.1 Å². The number of esters is 1. The molecular formula is C28H39N3O3. The van der Waals surface area contributed by atoms with Crippen molar-refractivity contribution >= 4 is 5.97 Å². The van der Waals surface area contributed by atoms with Crippen molar-refractivity contribution in [2.24, 2.45) is 22.7 Å². The van der Waals surface area contributed by atoms with Gasteiger partial charge in [0.25, 0.3) is 0 Å². The van der Waals surface area contributed by atoms with Crippen LogP contribution >= 0.6 is 0 Å². The molecule has 0 amide bonds. The predicted octanol–water partition coefficient (Wildman–Crippen LogP) is 4.84. The number of hydroxylamine groups is 1. The van der Waals surface area contributed by atoms with Gasteiger partial charge in [0, 0.05) is 11.7 Å². The van der Waals surface area contributed by atoms with Crippen molar-refractivity contribution in [1.29, 1.82) is 0 Å². The highest BCUT2D eigenvalue weighted by atomic mass is 16.6. The number of benzene rings is 1. The van der Waals surface area contributed by atoms with Gasteiger partial charge in [-0.05, 0) is 73.3 Å². The van der Waals surface area contributed by atoms with Crippen LogP contribution in [0.3, 0.4) is 0 Å². The number of nitrogens with zero attached hydrogens (tertiary/aromatic N) is 2. The van der Waals surface area contributed by atoms with Gasteiger partial charge < -0.3 is 4.74 Å². The van der Waals surface area contributed by atoms with Crippen molar-refractivity contribution in [2.45, 2.75) is 85.4 Å². The van der Waals surface area contributed by atoms with Crippen LogP contribution in [0.25, 0.3) is 0 Å². The van der Waals surface area contributed by atoms with Gasteiger partial charge in [0.05, 0.1) is 24.8 Å². The van der Waals surface area contributed by atoms with Crippen LogP contribution in [-0.2, 0) is 40.4 Å². The Kier molecular flexibility index (Phi) is 6.32. The van der Waals surface area contributed by atoms with E-state index in [4.69, 9.17) is 14.7 Å². The van der Waals surface area contributed by atoms with E-state index in [-0.39, 0.29) is 17.3 Å². The molecule has 1 N–H and O–H groups in total. The number of ether oxygens (including phenoxy) is 1. The molecule has 0 spiro atoms. The number of fused-ring (bicyclic) bond motifs is 3. The van der Waals surface area contributed by atoms with E-state index < -0.39 is 0 Å². The summed E-state index contributed by atoms with van der Waals surface area (Å²) in [6.07, 6.45) is 6.20. The first-order chi connectivity index (χ1) is 16.3. The number of carbonyl (C=O) groups is 1. The minimum atomic E-state index is -0.100. The van der Waals surface area contributed by atoms with Gasteiger partial charge in [-0.15, -0.1) is 0 Å². The van der Waals surface area contributed by atoms with E-state index in [1.807, 2.05) is 13.0 Å². The quantitative estimate of drug-likeness (QED) is 0.447. The van der Waals surface area contributed by atoms with Gasteiger partial charge in [0.1, 0.15) is 6.61 Å². The standard InChI is InChI=1S/C28H39N3O3/c1-5-33-25(32)20-11-12-24-22(15-20)23(29-31(24)17-19-9-7-6-8-10-19)18-34-30-26-27(2,3)21-13-14-28(26,4)16-21/h6-10,20-21,26,30H,5,11-18H2,1-4H3. The van der Waals surface area contributed by atoms with Crippen molar-refractivity contribution in [3.8, 4) is 0 Å². The predicted molar refractivity (Wildman–Crippen MR) is 131 cm³/mol.